The summed E-state index contributed by atoms with van der Waals surface area (Å²) in [6.07, 6.45) is 5.25. The van der Waals surface area contributed by atoms with Crippen molar-refractivity contribution in [3.8, 4) is 5.75 Å². The van der Waals surface area contributed by atoms with E-state index in [4.69, 9.17) is 5.73 Å². The fraction of sp³-hybridized carbons (Fsp3) is 0.333. The van der Waals surface area contributed by atoms with Gasteiger partial charge in [0.05, 0.1) is 11.4 Å². The molecular weight excluding hydrogens is 396 g/mol. The largest absolute Gasteiger partial charge is 0.508 e. The van der Waals surface area contributed by atoms with Gasteiger partial charge in [-0.1, -0.05) is 31.2 Å². The van der Waals surface area contributed by atoms with Crippen LogP contribution >= 0.6 is 0 Å². The second-order valence-electron chi connectivity index (χ2n) is 8.56. The number of nitrogens with zero attached hydrogens (tertiary/aromatic N) is 3. The van der Waals surface area contributed by atoms with Crippen molar-refractivity contribution in [2.45, 2.75) is 45.1 Å². The first kappa shape index (κ1) is 22.0. The normalized spacial score (nSPS) is 15.9. The quantitative estimate of drug-likeness (QED) is 0.331. The van der Waals surface area contributed by atoms with Crippen LogP contribution in [0, 0.1) is 0 Å². The average molecular weight is 429 g/mol. The van der Waals surface area contributed by atoms with Gasteiger partial charge in [-0.25, -0.2) is 0 Å². The van der Waals surface area contributed by atoms with Gasteiger partial charge in [0.15, 0.2) is 0 Å². The van der Waals surface area contributed by atoms with E-state index in [9.17, 15) is 5.11 Å². The number of nitrogens with two attached hydrogens (primary N) is 1. The van der Waals surface area contributed by atoms with Crippen molar-refractivity contribution in [3.63, 3.8) is 0 Å². The molecule has 3 aromatic carbocycles. The Hall–Kier alpha value is -3.18. The van der Waals surface area contributed by atoms with Gasteiger partial charge in [-0.05, 0) is 97.8 Å². The number of azo groups is 1. The maximum atomic E-state index is 10.1. The van der Waals surface area contributed by atoms with Gasteiger partial charge in [-0.15, -0.1) is 0 Å². The van der Waals surface area contributed by atoms with Crippen LogP contribution in [0.25, 0.3) is 0 Å². The molecule has 4 rings (SSSR count). The first-order valence-corrected chi connectivity index (χ1v) is 11.5. The molecule has 0 bridgehead atoms. The highest BCUT2D eigenvalue weighted by Crippen LogP contribution is 2.31. The van der Waals surface area contributed by atoms with Gasteiger partial charge < -0.3 is 10.8 Å². The number of aromatic hydroxyl groups is 1. The van der Waals surface area contributed by atoms with Crippen LogP contribution in [0.15, 0.2) is 77.0 Å². The Bertz CT molecular complexity index is 1040. The van der Waals surface area contributed by atoms with E-state index in [1.165, 1.54) is 11.1 Å². The maximum absolute atomic E-state index is 10.1. The van der Waals surface area contributed by atoms with Crippen molar-refractivity contribution in [2.75, 3.05) is 18.8 Å². The third kappa shape index (κ3) is 5.54. The molecule has 0 heterocycles. The molecular formula is C27H32N4O. The number of hydrogen-bond acceptors (Lipinski definition) is 5. The Labute approximate surface area is 190 Å². The number of phenolic OH excluding ortho intramolecular Hbond substituents is 1. The molecule has 5 nitrogen and oxygen atoms in total. The van der Waals surface area contributed by atoms with E-state index in [0.717, 1.165) is 67.8 Å². The molecule has 1 aliphatic rings. The monoisotopic (exact) mass is 428 g/mol. The zero-order valence-electron chi connectivity index (χ0n) is 18.7. The van der Waals surface area contributed by atoms with Gasteiger partial charge in [-0.2, -0.15) is 10.2 Å². The summed E-state index contributed by atoms with van der Waals surface area (Å²) in [5.41, 5.74) is 11.8. The Morgan fingerprint density at radius 3 is 2.31 bits per heavy atom. The van der Waals surface area contributed by atoms with Gasteiger partial charge in [-0.3, -0.25) is 4.90 Å². The average Bonchev–Trinajstić information content (AvgIpc) is 2.82. The van der Waals surface area contributed by atoms with Crippen LogP contribution in [-0.2, 0) is 19.3 Å². The first-order chi connectivity index (χ1) is 15.6. The van der Waals surface area contributed by atoms with E-state index < -0.39 is 0 Å². The summed E-state index contributed by atoms with van der Waals surface area (Å²) in [5.74, 6) is 0.455. The zero-order chi connectivity index (χ0) is 22.3. The molecule has 0 spiro atoms. The fourth-order valence-electron chi connectivity index (χ4n) is 4.50. The number of rotatable bonds is 8. The van der Waals surface area contributed by atoms with Gasteiger partial charge in [0.1, 0.15) is 5.75 Å². The van der Waals surface area contributed by atoms with Crippen LogP contribution in [0.3, 0.4) is 0 Å². The number of phenols is 1. The minimum atomic E-state index is 0.455. The van der Waals surface area contributed by atoms with Crippen LogP contribution in [0.2, 0.25) is 0 Å². The molecule has 5 heteroatoms. The van der Waals surface area contributed by atoms with Gasteiger partial charge >= 0.3 is 0 Å². The van der Waals surface area contributed by atoms with E-state index >= 15 is 0 Å². The third-order valence-electron chi connectivity index (χ3n) is 6.26. The summed E-state index contributed by atoms with van der Waals surface area (Å²) in [6, 6.07) is 22.2. The summed E-state index contributed by atoms with van der Waals surface area (Å²) in [6.45, 7) is 4.39. The first-order valence-electron chi connectivity index (χ1n) is 11.5. The lowest BCUT2D eigenvalue weighted by molar-refractivity contribution is 0.181. The van der Waals surface area contributed by atoms with Crippen LogP contribution in [-0.4, -0.2) is 29.1 Å². The predicted molar refractivity (Wildman–Crippen MR) is 131 cm³/mol. The molecule has 0 saturated heterocycles. The highest BCUT2D eigenvalue weighted by Gasteiger charge is 2.25. The molecule has 166 valence electrons. The number of nitrogen functional groups attached to an aromatic ring is 1. The maximum Gasteiger partial charge on any atom is 0.119 e. The third-order valence-corrected chi connectivity index (χ3v) is 6.26. The highest BCUT2D eigenvalue weighted by molar-refractivity contribution is 5.48. The molecule has 0 aromatic heterocycles. The Morgan fingerprint density at radius 2 is 1.62 bits per heavy atom. The predicted octanol–water partition coefficient (Wildman–Crippen LogP) is 6.20. The van der Waals surface area contributed by atoms with E-state index in [2.05, 4.69) is 40.3 Å². The van der Waals surface area contributed by atoms with Gasteiger partial charge in [0, 0.05) is 18.3 Å². The summed E-state index contributed by atoms with van der Waals surface area (Å²) < 4.78 is 0. The summed E-state index contributed by atoms with van der Waals surface area (Å²) in [5, 5.41) is 18.7. The molecule has 3 N–H and O–H groups in total. The van der Waals surface area contributed by atoms with E-state index in [1.54, 1.807) is 0 Å². The molecule has 32 heavy (non-hydrogen) atoms. The molecule has 0 amide bonds. The van der Waals surface area contributed by atoms with Crippen molar-refractivity contribution < 1.29 is 5.11 Å². The van der Waals surface area contributed by atoms with Crippen LogP contribution in [0.5, 0.6) is 5.75 Å². The minimum Gasteiger partial charge on any atom is -0.508 e. The summed E-state index contributed by atoms with van der Waals surface area (Å²) >= 11 is 0. The molecule has 0 aliphatic heterocycles. The molecule has 0 radical (unpaired) electrons. The van der Waals surface area contributed by atoms with Crippen LogP contribution < -0.4 is 5.73 Å². The second-order valence-corrected chi connectivity index (χ2v) is 8.56. The van der Waals surface area contributed by atoms with Crippen molar-refractivity contribution in [2.24, 2.45) is 10.2 Å². The lowest BCUT2D eigenvalue weighted by Gasteiger charge is -2.35. The molecule has 1 unspecified atom stereocenters. The van der Waals surface area contributed by atoms with E-state index in [0.29, 0.717) is 11.8 Å². The Morgan fingerprint density at radius 1 is 0.938 bits per heavy atom. The summed E-state index contributed by atoms with van der Waals surface area (Å²) in [4.78, 5) is 2.63. The molecule has 3 aromatic rings. The van der Waals surface area contributed by atoms with Gasteiger partial charge in [0.25, 0.3) is 0 Å². The molecule has 0 saturated carbocycles. The molecule has 1 atom stereocenters. The van der Waals surface area contributed by atoms with Crippen molar-refractivity contribution in [1.29, 1.82) is 0 Å². The fourth-order valence-corrected chi connectivity index (χ4v) is 4.50. The van der Waals surface area contributed by atoms with E-state index in [-0.39, 0.29) is 0 Å². The number of benzene rings is 3. The zero-order valence-corrected chi connectivity index (χ0v) is 18.7. The van der Waals surface area contributed by atoms with Gasteiger partial charge in [0.2, 0.25) is 0 Å². The standard InChI is InChI=1S/C27H32N4O/c1-2-17-31(25-14-15-26-21(19-25)4-3-5-27(26)32)18-16-20-6-10-23(11-7-20)29-30-24-12-8-22(28)9-13-24/h3-13,25,32H,2,14-19,28H2,1H3/b30-29+. The second kappa shape index (κ2) is 10.4. The smallest absolute Gasteiger partial charge is 0.119 e. The summed E-state index contributed by atoms with van der Waals surface area (Å²) in [7, 11) is 0. The van der Waals surface area contributed by atoms with Crippen molar-refractivity contribution in [1.82, 2.24) is 4.90 Å². The van der Waals surface area contributed by atoms with E-state index in [1.807, 2.05) is 48.5 Å². The van der Waals surface area contributed by atoms with Crippen LogP contribution in [0.1, 0.15) is 36.5 Å². The van der Waals surface area contributed by atoms with Crippen LogP contribution in [0.4, 0.5) is 17.1 Å². The lowest BCUT2D eigenvalue weighted by Crippen LogP contribution is -2.41. The number of hydrogen-bond donors (Lipinski definition) is 2. The number of fused-ring (bicyclic) bond motifs is 1. The van der Waals surface area contributed by atoms with Crippen molar-refractivity contribution in [3.05, 3.63) is 83.4 Å². The highest BCUT2D eigenvalue weighted by atomic mass is 16.3. The Kier molecular flexibility index (Phi) is 7.17. The SMILES string of the molecule is CCCN(CCc1ccc(/N=N/c2ccc(N)cc2)cc1)C1CCc2c(O)cccc2C1. The lowest BCUT2D eigenvalue weighted by atomic mass is 9.86. The molecule has 1 aliphatic carbocycles. The number of anilines is 1. The molecule has 0 fully saturated rings. The minimum absolute atomic E-state index is 0.455. The van der Waals surface area contributed by atoms with Crippen molar-refractivity contribution >= 4 is 17.1 Å². The topological polar surface area (TPSA) is 74.2 Å². The Balaban J connectivity index is 1.35.